The van der Waals surface area contributed by atoms with Crippen LogP contribution < -0.4 is 14.9 Å². The minimum absolute atomic E-state index is 0.0652. The van der Waals surface area contributed by atoms with Crippen molar-refractivity contribution in [2.24, 2.45) is 0 Å². The Bertz CT molecular complexity index is 1710. The molecule has 0 amide bonds. The first-order chi connectivity index (χ1) is 20.5. The second-order valence-electron chi connectivity index (χ2n) is 9.79. The van der Waals surface area contributed by atoms with Gasteiger partial charge in [-0.2, -0.15) is 0 Å². The maximum absolute atomic E-state index is 13.6. The van der Waals surface area contributed by atoms with Gasteiger partial charge in [-0.1, -0.05) is 12.1 Å². The van der Waals surface area contributed by atoms with E-state index < -0.39 is 53.6 Å². The lowest BCUT2D eigenvalue weighted by atomic mass is 9.99. The highest BCUT2D eigenvalue weighted by Crippen LogP contribution is 2.37. The number of aromatic hydroxyl groups is 3. The average Bonchev–Trinajstić information content (AvgIpc) is 2.98. The molecule has 224 valence electrons. The Balaban J connectivity index is 1.42. The fourth-order valence-electron chi connectivity index (χ4n) is 4.61. The number of rotatable bonds is 7. The smallest absolute Gasteiger partial charge is 0.331 e. The number of methoxy groups -OCH3 is 1. The van der Waals surface area contributed by atoms with Crippen molar-refractivity contribution in [1.29, 1.82) is 0 Å². The molecule has 5 atom stereocenters. The molecule has 43 heavy (non-hydrogen) atoms. The van der Waals surface area contributed by atoms with Crippen LogP contribution in [0.5, 0.6) is 28.7 Å². The van der Waals surface area contributed by atoms with Crippen molar-refractivity contribution in [2.75, 3.05) is 7.11 Å². The van der Waals surface area contributed by atoms with Crippen LogP contribution in [0.1, 0.15) is 12.5 Å². The average molecular weight is 593 g/mol. The quantitative estimate of drug-likeness (QED) is 0.156. The van der Waals surface area contributed by atoms with Crippen molar-refractivity contribution in [3.63, 3.8) is 0 Å². The topological polar surface area (TPSA) is 185 Å². The normalized spacial score (nSPS) is 22.0. The number of phenolic OH excluding ortho intramolecular Hbond substituents is 3. The highest BCUT2D eigenvalue weighted by molar-refractivity contribution is 5.88. The summed E-state index contributed by atoms with van der Waals surface area (Å²) < 4.78 is 28.0. The van der Waals surface area contributed by atoms with E-state index in [0.29, 0.717) is 16.9 Å². The molecular weight excluding hydrogens is 564 g/mol. The Morgan fingerprint density at radius 1 is 0.930 bits per heavy atom. The van der Waals surface area contributed by atoms with Crippen LogP contribution in [0, 0.1) is 0 Å². The molecule has 12 nitrogen and oxygen atoms in total. The summed E-state index contributed by atoms with van der Waals surface area (Å²) in [6.45, 7) is 1.48. The molecule has 1 fully saturated rings. The molecule has 0 aliphatic carbocycles. The minimum atomic E-state index is -1.79. The van der Waals surface area contributed by atoms with Crippen LogP contribution in [-0.2, 0) is 14.3 Å². The Hall–Kier alpha value is -5.04. The lowest BCUT2D eigenvalue weighted by Gasteiger charge is -2.40. The number of fused-ring (bicyclic) bond motifs is 1. The fourth-order valence-corrected chi connectivity index (χ4v) is 4.61. The number of aliphatic hydroxyl groups excluding tert-OH is 2. The number of benzene rings is 3. The zero-order valence-electron chi connectivity index (χ0n) is 22.9. The molecule has 1 aromatic heterocycles. The second kappa shape index (κ2) is 12.1. The molecule has 0 saturated carbocycles. The minimum Gasteiger partial charge on any atom is -0.508 e. The highest BCUT2D eigenvalue weighted by atomic mass is 16.7. The first-order valence-corrected chi connectivity index (χ1v) is 13.1. The van der Waals surface area contributed by atoms with Gasteiger partial charge in [0.25, 0.3) is 0 Å². The molecule has 0 bridgehead atoms. The largest absolute Gasteiger partial charge is 0.508 e. The van der Waals surface area contributed by atoms with Crippen molar-refractivity contribution >= 4 is 23.0 Å². The first kappa shape index (κ1) is 29.5. The van der Waals surface area contributed by atoms with Crippen LogP contribution in [0.15, 0.2) is 76.0 Å². The van der Waals surface area contributed by atoms with Crippen LogP contribution >= 0.6 is 0 Å². The molecule has 1 aliphatic heterocycles. The van der Waals surface area contributed by atoms with Gasteiger partial charge in [0.1, 0.15) is 46.2 Å². The molecule has 5 rings (SSSR count). The number of ether oxygens (including phenoxy) is 4. The van der Waals surface area contributed by atoms with Crippen molar-refractivity contribution in [3.05, 3.63) is 82.5 Å². The highest BCUT2D eigenvalue weighted by Gasteiger charge is 2.46. The van der Waals surface area contributed by atoms with Crippen LogP contribution in [0.25, 0.3) is 28.4 Å². The summed E-state index contributed by atoms with van der Waals surface area (Å²) in [4.78, 5) is 26.0. The number of aliphatic hydroxyl groups is 2. The van der Waals surface area contributed by atoms with Gasteiger partial charge in [0, 0.05) is 23.8 Å². The molecule has 1 saturated heterocycles. The molecule has 0 radical (unpaired) electrons. The van der Waals surface area contributed by atoms with E-state index in [4.69, 9.17) is 23.4 Å². The molecule has 0 unspecified atom stereocenters. The maximum Gasteiger partial charge on any atom is 0.331 e. The van der Waals surface area contributed by atoms with Gasteiger partial charge >= 0.3 is 5.97 Å². The lowest BCUT2D eigenvalue weighted by molar-refractivity contribution is -0.271. The van der Waals surface area contributed by atoms with E-state index in [9.17, 15) is 35.1 Å². The third-order valence-corrected chi connectivity index (χ3v) is 6.84. The Labute approximate surface area is 244 Å². The maximum atomic E-state index is 13.6. The van der Waals surface area contributed by atoms with Gasteiger partial charge in [0.15, 0.2) is 11.9 Å². The van der Waals surface area contributed by atoms with Gasteiger partial charge in [-0.3, -0.25) is 4.79 Å². The van der Waals surface area contributed by atoms with Crippen LogP contribution in [-0.4, -0.2) is 69.3 Å². The second-order valence-corrected chi connectivity index (χ2v) is 9.79. The monoisotopic (exact) mass is 592 g/mol. The molecule has 12 heteroatoms. The number of carbonyl (C=O) groups excluding carboxylic acids is 1. The summed E-state index contributed by atoms with van der Waals surface area (Å²) in [5.74, 6) is -1.72. The summed E-state index contributed by atoms with van der Waals surface area (Å²) in [6, 6.07) is 14.5. The Kier molecular flexibility index (Phi) is 8.26. The number of phenols is 3. The van der Waals surface area contributed by atoms with Crippen LogP contribution in [0.4, 0.5) is 0 Å². The van der Waals surface area contributed by atoms with E-state index in [0.717, 1.165) is 18.2 Å². The predicted molar refractivity (Wildman–Crippen MR) is 152 cm³/mol. The summed E-state index contributed by atoms with van der Waals surface area (Å²) >= 11 is 0. The molecule has 1 aliphatic rings. The third kappa shape index (κ3) is 6.11. The third-order valence-electron chi connectivity index (χ3n) is 6.84. The zero-order chi connectivity index (χ0) is 30.8. The molecular formula is C31H28O12. The number of esters is 1. The number of carbonyl (C=O) groups is 1. The molecule has 4 aromatic rings. The fraction of sp³-hybridized carbons (Fsp3) is 0.226. The zero-order valence-corrected chi connectivity index (χ0v) is 22.9. The SMILES string of the molecule is COc1ccc(-c2oc3cc(O)cc(O)c3c(=O)c2O[C@@H]2O[C@@H](C)[C@H](OC(=O)/C=C\c3ccc(O)cc3)[C@@H](O)[C@H]2O)cc1. The van der Waals surface area contributed by atoms with E-state index in [-0.39, 0.29) is 28.2 Å². The van der Waals surface area contributed by atoms with E-state index >= 15 is 0 Å². The summed E-state index contributed by atoms with van der Waals surface area (Å²) in [5.41, 5.74) is -0.00873. The molecule has 2 heterocycles. The molecule has 0 spiro atoms. The van der Waals surface area contributed by atoms with Gasteiger partial charge in [0.05, 0.1) is 13.2 Å². The van der Waals surface area contributed by atoms with Crippen molar-refractivity contribution in [1.82, 2.24) is 0 Å². The van der Waals surface area contributed by atoms with E-state index in [2.05, 4.69) is 0 Å². The molecule has 3 aromatic carbocycles. The van der Waals surface area contributed by atoms with Gasteiger partial charge in [-0.15, -0.1) is 0 Å². The van der Waals surface area contributed by atoms with Crippen molar-refractivity contribution in [3.8, 4) is 40.1 Å². The summed E-state index contributed by atoms with van der Waals surface area (Å²) in [5, 5.41) is 51.2. The Morgan fingerprint density at radius 2 is 1.63 bits per heavy atom. The van der Waals surface area contributed by atoms with E-state index in [1.165, 1.54) is 32.2 Å². The summed E-state index contributed by atoms with van der Waals surface area (Å²) in [6.07, 6.45) is -4.83. The number of hydrogen-bond donors (Lipinski definition) is 5. The van der Waals surface area contributed by atoms with E-state index in [1.807, 2.05) is 0 Å². The van der Waals surface area contributed by atoms with Crippen molar-refractivity contribution < 1.29 is 53.7 Å². The lowest BCUT2D eigenvalue weighted by Crippen LogP contribution is -2.59. The molecule has 5 N–H and O–H groups in total. The number of hydrogen-bond acceptors (Lipinski definition) is 12. The van der Waals surface area contributed by atoms with Crippen LogP contribution in [0.3, 0.4) is 0 Å². The van der Waals surface area contributed by atoms with Crippen molar-refractivity contribution in [2.45, 2.75) is 37.6 Å². The Morgan fingerprint density at radius 3 is 2.30 bits per heavy atom. The first-order valence-electron chi connectivity index (χ1n) is 13.1. The summed E-state index contributed by atoms with van der Waals surface area (Å²) in [7, 11) is 1.48. The predicted octanol–water partition coefficient (Wildman–Crippen LogP) is 3.06. The van der Waals surface area contributed by atoms with Gasteiger partial charge in [-0.05, 0) is 55.0 Å². The van der Waals surface area contributed by atoms with E-state index in [1.54, 1.807) is 36.4 Å². The van der Waals surface area contributed by atoms with Crippen LogP contribution in [0.2, 0.25) is 0 Å². The standard InChI is InChI=1S/C31H28O12/c1-15-28(42-23(35)12-5-16-3-8-18(32)9-4-16)26(37)27(38)31(40-15)43-30-25(36)24-21(34)13-19(33)14-22(24)41-29(30)17-6-10-20(39-2)11-7-17/h3-15,26-28,31-34,37-38H,1-2H3/b12-5-/t15-,26-,27+,28-,31-/m0/s1. The van der Waals surface area contributed by atoms with Gasteiger partial charge in [-0.25, -0.2) is 4.79 Å². The van der Waals surface area contributed by atoms with Gasteiger partial charge in [0.2, 0.25) is 17.5 Å². The van der Waals surface area contributed by atoms with Gasteiger partial charge < -0.3 is 48.9 Å².